The molecule has 0 aromatic heterocycles. The third-order valence-electron chi connectivity index (χ3n) is 7.19. The highest BCUT2D eigenvalue weighted by molar-refractivity contribution is 5.80. The van der Waals surface area contributed by atoms with Crippen molar-refractivity contribution in [1.82, 2.24) is 10.6 Å². The summed E-state index contributed by atoms with van der Waals surface area (Å²) in [7, 11) is 0. The Morgan fingerprint density at radius 2 is 1.51 bits per heavy atom. The van der Waals surface area contributed by atoms with Crippen LogP contribution in [-0.2, 0) is 14.3 Å². The Hall–Kier alpha value is -3.35. The predicted octanol–water partition coefficient (Wildman–Crippen LogP) is 4.84. The molecule has 0 atom stereocenters. The summed E-state index contributed by atoms with van der Waals surface area (Å²) in [5, 5.41) is 14.9. The largest absolute Gasteiger partial charge is 0.481 e. The number of benzene rings is 2. The molecule has 0 radical (unpaired) electrons. The number of carbonyl (C=O) groups is 3. The molecule has 0 spiro atoms. The van der Waals surface area contributed by atoms with E-state index in [1.54, 1.807) is 0 Å². The van der Waals surface area contributed by atoms with E-state index in [1.165, 1.54) is 22.3 Å². The first-order valence-corrected chi connectivity index (χ1v) is 12.4. The fraction of sp³-hybridized carbons (Fsp3) is 0.464. The monoisotopic (exact) mass is 478 g/mol. The number of carboxylic acids is 1. The maximum absolute atomic E-state index is 12.7. The topological polar surface area (TPSA) is 105 Å². The highest BCUT2D eigenvalue weighted by atomic mass is 16.5. The van der Waals surface area contributed by atoms with Gasteiger partial charge in [0.15, 0.2) is 0 Å². The van der Waals surface area contributed by atoms with E-state index in [9.17, 15) is 14.4 Å². The Morgan fingerprint density at radius 3 is 2.09 bits per heavy atom. The van der Waals surface area contributed by atoms with Crippen LogP contribution >= 0.6 is 0 Å². The molecule has 1 fully saturated rings. The zero-order valence-corrected chi connectivity index (χ0v) is 20.4. The first-order valence-electron chi connectivity index (χ1n) is 12.4. The third-order valence-corrected chi connectivity index (χ3v) is 7.19. The number of ether oxygens (including phenoxy) is 1. The minimum atomic E-state index is -0.868. The van der Waals surface area contributed by atoms with Gasteiger partial charge in [-0.05, 0) is 68.2 Å². The second-order valence-electron chi connectivity index (χ2n) is 10.3. The van der Waals surface area contributed by atoms with Crippen molar-refractivity contribution in [3.8, 4) is 11.1 Å². The number of hydrogen-bond donors (Lipinski definition) is 3. The molecule has 0 unspecified atom stereocenters. The molecule has 2 amide bonds. The van der Waals surface area contributed by atoms with E-state index in [0.717, 1.165) is 0 Å². The lowest BCUT2D eigenvalue weighted by Crippen LogP contribution is -2.48. The number of aliphatic carboxylic acids is 1. The van der Waals surface area contributed by atoms with Crippen LogP contribution in [0.15, 0.2) is 48.5 Å². The summed E-state index contributed by atoms with van der Waals surface area (Å²) < 4.78 is 5.65. The number of amides is 2. The molecule has 4 rings (SSSR count). The summed E-state index contributed by atoms with van der Waals surface area (Å²) >= 11 is 0. The summed E-state index contributed by atoms with van der Waals surface area (Å²) in [5.74, 6) is -1.01. The van der Waals surface area contributed by atoms with Crippen molar-refractivity contribution in [2.24, 2.45) is 5.92 Å². The van der Waals surface area contributed by atoms with Crippen LogP contribution < -0.4 is 10.6 Å². The van der Waals surface area contributed by atoms with E-state index in [0.29, 0.717) is 32.1 Å². The van der Waals surface area contributed by atoms with Gasteiger partial charge in [0.2, 0.25) is 5.91 Å². The number of fused-ring (bicyclic) bond motifs is 3. The maximum atomic E-state index is 12.7. The number of hydrogen-bond acceptors (Lipinski definition) is 4. The number of alkyl carbamates (subject to hydrolysis) is 1. The Labute approximate surface area is 206 Å². The van der Waals surface area contributed by atoms with E-state index in [4.69, 9.17) is 9.84 Å². The molecule has 7 heteroatoms. The molecular formula is C28H34N2O5. The molecule has 1 saturated carbocycles. The summed E-state index contributed by atoms with van der Waals surface area (Å²) in [4.78, 5) is 36.1. The standard InChI is InChI=1S/C28H34N2O5/c1-28(2,16-15-25(31)32)30-26(33)18-11-13-19(14-12-18)29-27(34)35-17-24-22-9-5-3-7-20(22)21-8-4-6-10-23(21)24/h3-10,18-19,24H,11-17H2,1-2H3,(H,29,34)(H,30,33)(H,31,32). The van der Waals surface area contributed by atoms with E-state index in [1.807, 2.05) is 38.1 Å². The van der Waals surface area contributed by atoms with Crippen molar-refractivity contribution in [3.05, 3.63) is 59.7 Å². The van der Waals surface area contributed by atoms with Crippen molar-refractivity contribution >= 4 is 18.0 Å². The van der Waals surface area contributed by atoms with Crippen LogP contribution in [0, 0.1) is 5.92 Å². The molecule has 2 aromatic carbocycles. The average Bonchev–Trinajstić information content (AvgIpc) is 3.15. The van der Waals surface area contributed by atoms with Gasteiger partial charge in [0.05, 0.1) is 0 Å². The Balaban J connectivity index is 1.24. The van der Waals surface area contributed by atoms with Gasteiger partial charge in [-0.3, -0.25) is 9.59 Å². The Bertz CT molecular complexity index is 1040. The third kappa shape index (κ3) is 6.02. The molecule has 0 bridgehead atoms. The van der Waals surface area contributed by atoms with Crippen LogP contribution in [-0.4, -0.2) is 41.3 Å². The Kier molecular flexibility index (Phi) is 7.43. The molecule has 2 aromatic rings. The highest BCUT2D eigenvalue weighted by Gasteiger charge is 2.32. The highest BCUT2D eigenvalue weighted by Crippen LogP contribution is 2.44. The van der Waals surface area contributed by atoms with Gasteiger partial charge >= 0.3 is 12.1 Å². The smallest absolute Gasteiger partial charge is 0.407 e. The fourth-order valence-electron chi connectivity index (χ4n) is 5.22. The number of rotatable bonds is 8. The normalized spacial score (nSPS) is 19.4. The van der Waals surface area contributed by atoms with Crippen molar-refractivity contribution in [1.29, 1.82) is 0 Å². The summed E-state index contributed by atoms with van der Waals surface area (Å²) in [6.07, 6.45) is 2.74. The number of carboxylic acid groups (broad SMARTS) is 1. The van der Waals surface area contributed by atoms with Gasteiger partial charge in [0, 0.05) is 29.8 Å². The molecule has 3 N–H and O–H groups in total. The van der Waals surface area contributed by atoms with E-state index in [-0.39, 0.29) is 36.8 Å². The van der Waals surface area contributed by atoms with Crippen LogP contribution in [0.4, 0.5) is 4.79 Å². The molecule has 2 aliphatic carbocycles. The van der Waals surface area contributed by atoms with Crippen molar-refractivity contribution in [3.63, 3.8) is 0 Å². The molecule has 0 saturated heterocycles. The van der Waals surface area contributed by atoms with Gasteiger partial charge in [-0.1, -0.05) is 48.5 Å². The summed E-state index contributed by atoms with van der Waals surface area (Å²) in [6, 6.07) is 16.5. The van der Waals surface area contributed by atoms with Crippen molar-refractivity contribution in [2.75, 3.05) is 6.61 Å². The van der Waals surface area contributed by atoms with Crippen LogP contribution in [0.25, 0.3) is 11.1 Å². The lowest BCUT2D eigenvalue weighted by atomic mass is 9.84. The number of nitrogens with one attached hydrogen (secondary N) is 2. The summed E-state index contributed by atoms with van der Waals surface area (Å²) in [6.45, 7) is 3.97. The molecule has 35 heavy (non-hydrogen) atoms. The lowest BCUT2D eigenvalue weighted by Gasteiger charge is -2.32. The second-order valence-corrected chi connectivity index (χ2v) is 10.3. The van der Waals surface area contributed by atoms with Crippen LogP contribution in [0.2, 0.25) is 0 Å². The molecule has 0 aliphatic heterocycles. The molecular weight excluding hydrogens is 444 g/mol. The quantitative estimate of drug-likeness (QED) is 0.503. The van der Waals surface area contributed by atoms with Crippen LogP contribution in [0.1, 0.15) is 69.4 Å². The van der Waals surface area contributed by atoms with Crippen molar-refractivity contribution < 1.29 is 24.2 Å². The average molecular weight is 479 g/mol. The van der Waals surface area contributed by atoms with Gasteiger partial charge in [-0.25, -0.2) is 4.79 Å². The number of carbonyl (C=O) groups excluding carboxylic acids is 2. The van der Waals surface area contributed by atoms with Gasteiger partial charge in [0.1, 0.15) is 6.61 Å². The van der Waals surface area contributed by atoms with E-state index >= 15 is 0 Å². The lowest BCUT2D eigenvalue weighted by molar-refractivity contribution is -0.138. The molecule has 0 heterocycles. The minimum absolute atomic E-state index is 0.0179. The SMILES string of the molecule is CC(C)(CCC(=O)O)NC(=O)C1CCC(NC(=O)OCC2c3ccccc3-c3ccccc32)CC1. The van der Waals surface area contributed by atoms with E-state index in [2.05, 4.69) is 34.9 Å². The first-order chi connectivity index (χ1) is 16.7. The van der Waals surface area contributed by atoms with Gasteiger partial charge in [-0.2, -0.15) is 0 Å². The van der Waals surface area contributed by atoms with E-state index < -0.39 is 17.6 Å². The Morgan fingerprint density at radius 1 is 0.943 bits per heavy atom. The second kappa shape index (κ2) is 10.5. The van der Waals surface area contributed by atoms with Crippen LogP contribution in [0.3, 0.4) is 0 Å². The van der Waals surface area contributed by atoms with Gasteiger partial charge in [0.25, 0.3) is 0 Å². The van der Waals surface area contributed by atoms with Gasteiger partial charge in [-0.15, -0.1) is 0 Å². The van der Waals surface area contributed by atoms with Crippen LogP contribution in [0.5, 0.6) is 0 Å². The van der Waals surface area contributed by atoms with Gasteiger partial charge < -0.3 is 20.5 Å². The zero-order valence-electron chi connectivity index (χ0n) is 20.4. The molecule has 2 aliphatic rings. The predicted molar refractivity (Wildman–Crippen MR) is 133 cm³/mol. The minimum Gasteiger partial charge on any atom is -0.481 e. The van der Waals surface area contributed by atoms with Crippen molar-refractivity contribution in [2.45, 2.75) is 69.9 Å². The molecule has 186 valence electrons. The fourth-order valence-corrected chi connectivity index (χ4v) is 5.22. The summed E-state index contributed by atoms with van der Waals surface area (Å²) in [5.41, 5.74) is 4.18. The molecule has 7 nitrogen and oxygen atoms in total. The maximum Gasteiger partial charge on any atom is 0.407 e. The first kappa shape index (κ1) is 24.8. The zero-order chi connectivity index (χ0) is 25.0.